The second kappa shape index (κ2) is 9.36. The predicted octanol–water partition coefficient (Wildman–Crippen LogP) is 0.739. The molecule has 29 heavy (non-hydrogen) atoms. The molecule has 160 valence electrons. The molecule has 0 aliphatic carbocycles. The Morgan fingerprint density at radius 2 is 1.97 bits per heavy atom. The summed E-state index contributed by atoms with van der Waals surface area (Å²) in [5, 5.41) is 0. The lowest BCUT2D eigenvalue weighted by atomic mass is 10.0. The predicted molar refractivity (Wildman–Crippen MR) is 105 cm³/mol. The first-order valence-electron chi connectivity index (χ1n) is 9.39. The van der Waals surface area contributed by atoms with Gasteiger partial charge in [-0.1, -0.05) is 6.07 Å². The van der Waals surface area contributed by atoms with E-state index < -0.39 is 40.5 Å². The summed E-state index contributed by atoms with van der Waals surface area (Å²) in [6.07, 6.45) is 2.02. The van der Waals surface area contributed by atoms with Crippen LogP contribution in [0.1, 0.15) is 43.5 Å². The molecule has 0 radical (unpaired) electrons. The Morgan fingerprint density at radius 1 is 1.28 bits per heavy atom. The SMILES string of the molecule is CC(C)N(C)S(=O)(=O)c1cccc(C(=O)OCC(=O)N2CCCC[C@@H]2C(N)=O)c1. The maximum Gasteiger partial charge on any atom is 0.338 e. The molecule has 2 amide bonds. The molecule has 2 N–H and O–H groups in total. The fourth-order valence-electron chi connectivity index (χ4n) is 3.05. The smallest absolute Gasteiger partial charge is 0.338 e. The van der Waals surface area contributed by atoms with Crippen LogP contribution in [-0.2, 0) is 24.3 Å². The van der Waals surface area contributed by atoms with E-state index in [4.69, 9.17) is 10.5 Å². The number of ether oxygens (including phenoxy) is 1. The molecule has 0 spiro atoms. The van der Waals surface area contributed by atoms with Crippen LogP contribution in [0.3, 0.4) is 0 Å². The highest BCUT2D eigenvalue weighted by atomic mass is 32.2. The van der Waals surface area contributed by atoms with Crippen LogP contribution >= 0.6 is 0 Å². The fourth-order valence-corrected chi connectivity index (χ4v) is 4.46. The minimum atomic E-state index is -3.76. The number of nitrogens with two attached hydrogens (primary N) is 1. The van der Waals surface area contributed by atoms with E-state index in [2.05, 4.69) is 0 Å². The van der Waals surface area contributed by atoms with Crippen molar-refractivity contribution in [2.75, 3.05) is 20.2 Å². The second-order valence-electron chi connectivity index (χ2n) is 7.22. The Kier molecular flexibility index (Phi) is 7.37. The van der Waals surface area contributed by atoms with Crippen molar-refractivity contribution in [1.82, 2.24) is 9.21 Å². The maximum atomic E-state index is 12.6. The molecule has 0 saturated carbocycles. The van der Waals surface area contributed by atoms with E-state index in [-0.39, 0.29) is 16.5 Å². The lowest BCUT2D eigenvalue weighted by Gasteiger charge is -2.33. The van der Waals surface area contributed by atoms with Gasteiger partial charge in [0.2, 0.25) is 15.9 Å². The second-order valence-corrected chi connectivity index (χ2v) is 9.22. The van der Waals surface area contributed by atoms with Crippen LogP contribution in [0, 0.1) is 0 Å². The summed E-state index contributed by atoms with van der Waals surface area (Å²) < 4.78 is 31.4. The molecule has 0 aromatic heterocycles. The molecule has 1 aromatic carbocycles. The number of nitrogens with zero attached hydrogens (tertiary/aromatic N) is 2. The van der Waals surface area contributed by atoms with Crippen molar-refractivity contribution in [3.63, 3.8) is 0 Å². The van der Waals surface area contributed by atoms with Crippen molar-refractivity contribution in [1.29, 1.82) is 0 Å². The summed E-state index contributed by atoms with van der Waals surface area (Å²) in [5.74, 6) is -1.92. The molecule has 10 heteroatoms. The number of amides is 2. The number of benzene rings is 1. The topological polar surface area (TPSA) is 127 Å². The van der Waals surface area contributed by atoms with Gasteiger partial charge < -0.3 is 15.4 Å². The van der Waals surface area contributed by atoms with Gasteiger partial charge in [0.25, 0.3) is 5.91 Å². The van der Waals surface area contributed by atoms with Gasteiger partial charge in [0.05, 0.1) is 10.5 Å². The Bertz CT molecular complexity index is 884. The Balaban J connectivity index is 2.08. The number of carbonyl (C=O) groups is 3. The van der Waals surface area contributed by atoms with Crippen molar-refractivity contribution >= 4 is 27.8 Å². The number of piperidine rings is 1. The Morgan fingerprint density at radius 3 is 2.59 bits per heavy atom. The molecule has 1 atom stereocenters. The van der Waals surface area contributed by atoms with Crippen molar-refractivity contribution in [3.8, 4) is 0 Å². The molecular formula is C19H27N3O6S. The molecule has 1 aromatic rings. The Hall–Kier alpha value is -2.46. The van der Waals surface area contributed by atoms with Crippen LogP contribution in [0.4, 0.5) is 0 Å². The molecule has 2 rings (SSSR count). The summed E-state index contributed by atoms with van der Waals surface area (Å²) in [5.41, 5.74) is 5.36. The first-order valence-corrected chi connectivity index (χ1v) is 10.8. The molecule has 1 aliphatic heterocycles. The lowest BCUT2D eigenvalue weighted by molar-refractivity contribution is -0.143. The van der Waals surface area contributed by atoms with Crippen molar-refractivity contribution in [2.45, 2.75) is 50.1 Å². The number of hydrogen-bond acceptors (Lipinski definition) is 6. The highest BCUT2D eigenvalue weighted by Gasteiger charge is 2.31. The number of likely N-dealkylation sites (tertiary alicyclic amines) is 1. The fraction of sp³-hybridized carbons (Fsp3) is 0.526. The van der Waals surface area contributed by atoms with Gasteiger partial charge in [-0.2, -0.15) is 4.31 Å². The first kappa shape index (κ1) is 22.8. The standard InChI is InChI=1S/C19H27N3O6S/c1-13(2)21(3)29(26,27)15-8-6-7-14(11-15)19(25)28-12-17(23)22-10-5-4-9-16(22)18(20)24/h6-8,11,13,16H,4-5,9-10,12H2,1-3H3,(H2,20,24)/t16-/m1/s1. The van der Waals surface area contributed by atoms with Crippen LogP contribution in [0.25, 0.3) is 0 Å². The molecule has 1 aliphatic rings. The van der Waals surface area contributed by atoms with Crippen LogP contribution in [0.5, 0.6) is 0 Å². The maximum absolute atomic E-state index is 12.6. The summed E-state index contributed by atoms with van der Waals surface area (Å²) in [6.45, 7) is 3.30. The van der Waals surface area contributed by atoms with Crippen LogP contribution in [0.15, 0.2) is 29.2 Å². The van der Waals surface area contributed by atoms with E-state index in [1.165, 1.54) is 40.5 Å². The van der Waals surface area contributed by atoms with Gasteiger partial charge in [-0.3, -0.25) is 9.59 Å². The van der Waals surface area contributed by atoms with E-state index in [1.54, 1.807) is 13.8 Å². The Labute approximate surface area is 170 Å². The zero-order chi connectivity index (χ0) is 21.8. The first-order chi connectivity index (χ1) is 13.6. The van der Waals surface area contributed by atoms with Gasteiger partial charge in [0.15, 0.2) is 6.61 Å². The largest absolute Gasteiger partial charge is 0.452 e. The minimum Gasteiger partial charge on any atom is -0.452 e. The number of rotatable bonds is 7. The molecule has 1 fully saturated rings. The van der Waals surface area contributed by atoms with Crippen molar-refractivity contribution < 1.29 is 27.5 Å². The van der Waals surface area contributed by atoms with E-state index >= 15 is 0 Å². The third-order valence-electron chi connectivity index (χ3n) is 4.95. The average Bonchev–Trinajstić information content (AvgIpc) is 2.70. The quantitative estimate of drug-likeness (QED) is 0.642. The van der Waals surface area contributed by atoms with Gasteiger partial charge in [-0.25, -0.2) is 13.2 Å². The van der Waals surface area contributed by atoms with Crippen LogP contribution in [0.2, 0.25) is 0 Å². The number of sulfonamides is 1. The molecule has 9 nitrogen and oxygen atoms in total. The van der Waals surface area contributed by atoms with Gasteiger partial charge >= 0.3 is 5.97 Å². The highest BCUT2D eigenvalue weighted by molar-refractivity contribution is 7.89. The van der Waals surface area contributed by atoms with Crippen molar-refractivity contribution in [3.05, 3.63) is 29.8 Å². The summed E-state index contributed by atoms with van der Waals surface area (Å²) in [4.78, 5) is 37.5. The third-order valence-corrected chi connectivity index (χ3v) is 6.98. The zero-order valence-corrected chi connectivity index (χ0v) is 17.6. The van der Waals surface area contributed by atoms with E-state index in [1.807, 2.05) is 0 Å². The van der Waals surface area contributed by atoms with E-state index in [0.29, 0.717) is 13.0 Å². The van der Waals surface area contributed by atoms with Gasteiger partial charge in [0, 0.05) is 19.6 Å². The van der Waals surface area contributed by atoms with Gasteiger partial charge in [0.1, 0.15) is 6.04 Å². The number of primary amides is 1. The number of carbonyl (C=O) groups excluding carboxylic acids is 3. The van der Waals surface area contributed by atoms with E-state index in [9.17, 15) is 22.8 Å². The molecule has 0 unspecified atom stereocenters. The average molecular weight is 426 g/mol. The molecular weight excluding hydrogens is 398 g/mol. The van der Waals surface area contributed by atoms with E-state index in [0.717, 1.165) is 12.8 Å². The van der Waals surface area contributed by atoms with Crippen LogP contribution in [-0.4, -0.2) is 67.7 Å². The summed E-state index contributed by atoms with van der Waals surface area (Å²) >= 11 is 0. The summed E-state index contributed by atoms with van der Waals surface area (Å²) in [6, 6.07) is 4.50. The van der Waals surface area contributed by atoms with Crippen LogP contribution < -0.4 is 5.73 Å². The third kappa shape index (κ3) is 5.33. The van der Waals surface area contributed by atoms with Gasteiger partial charge in [-0.05, 0) is 51.3 Å². The molecule has 0 bridgehead atoms. The summed E-state index contributed by atoms with van der Waals surface area (Å²) in [7, 11) is -2.30. The molecule has 1 heterocycles. The monoisotopic (exact) mass is 425 g/mol. The number of esters is 1. The highest BCUT2D eigenvalue weighted by Crippen LogP contribution is 2.19. The normalized spacial score (nSPS) is 17.4. The minimum absolute atomic E-state index is 0.0149. The zero-order valence-electron chi connectivity index (χ0n) is 16.8. The number of hydrogen-bond donors (Lipinski definition) is 1. The van der Waals surface area contributed by atoms with Gasteiger partial charge in [-0.15, -0.1) is 0 Å². The van der Waals surface area contributed by atoms with Crippen molar-refractivity contribution in [2.24, 2.45) is 5.73 Å². The lowest BCUT2D eigenvalue weighted by Crippen LogP contribution is -2.51. The molecule has 1 saturated heterocycles.